The van der Waals surface area contributed by atoms with Crippen LogP contribution in [0, 0.1) is 0 Å². The topological polar surface area (TPSA) is 64.4 Å². The average Bonchev–Trinajstić information content (AvgIpc) is 3.16. The number of amides is 1. The third kappa shape index (κ3) is 3.80. The zero-order valence-corrected chi connectivity index (χ0v) is 17.3. The predicted molar refractivity (Wildman–Crippen MR) is 116 cm³/mol. The quantitative estimate of drug-likeness (QED) is 0.462. The van der Waals surface area contributed by atoms with Gasteiger partial charge < -0.3 is 9.64 Å². The minimum Gasteiger partial charge on any atom is -0.383 e. The Labute approximate surface area is 173 Å². The lowest BCUT2D eigenvalue weighted by atomic mass is 10.2. The van der Waals surface area contributed by atoms with Crippen LogP contribution in [0.1, 0.15) is 18.5 Å². The molecule has 1 aromatic heterocycles. The van der Waals surface area contributed by atoms with Crippen molar-refractivity contribution in [2.75, 3.05) is 30.9 Å². The van der Waals surface area contributed by atoms with Gasteiger partial charge in [-0.1, -0.05) is 42.1 Å². The van der Waals surface area contributed by atoms with Crippen molar-refractivity contribution in [1.82, 2.24) is 9.55 Å². The van der Waals surface area contributed by atoms with Gasteiger partial charge in [-0.05, 0) is 37.1 Å². The maximum Gasteiger partial charge on any atom is 0.262 e. The van der Waals surface area contributed by atoms with Crippen molar-refractivity contribution >= 4 is 34.3 Å². The van der Waals surface area contributed by atoms with Crippen molar-refractivity contribution in [3.8, 4) is 0 Å². The largest absolute Gasteiger partial charge is 0.383 e. The minimum absolute atomic E-state index is 0.0216. The van der Waals surface area contributed by atoms with Crippen LogP contribution in [0.25, 0.3) is 10.9 Å². The fourth-order valence-corrected chi connectivity index (χ4v) is 4.71. The lowest BCUT2D eigenvalue weighted by Crippen LogP contribution is -2.32. The highest BCUT2D eigenvalue weighted by Gasteiger charge is 2.25. The molecule has 2 aromatic carbocycles. The minimum atomic E-state index is -0.185. The average molecular weight is 410 g/mol. The van der Waals surface area contributed by atoms with Crippen molar-refractivity contribution in [1.29, 1.82) is 0 Å². The summed E-state index contributed by atoms with van der Waals surface area (Å²) in [6, 6.07) is 15.1. The monoisotopic (exact) mass is 409 g/mol. The molecule has 1 aliphatic heterocycles. The Bertz CT molecular complexity index is 1110. The van der Waals surface area contributed by atoms with E-state index in [-0.39, 0.29) is 23.3 Å². The molecule has 0 aliphatic carbocycles. The molecular formula is C22H23N3O3S. The first kappa shape index (κ1) is 19.7. The van der Waals surface area contributed by atoms with E-state index in [1.54, 1.807) is 17.7 Å². The van der Waals surface area contributed by atoms with Gasteiger partial charge in [0, 0.05) is 19.3 Å². The van der Waals surface area contributed by atoms with E-state index in [0.29, 0.717) is 29.2 Å². The van der Waals surface area contributed by atoms with Gasteiger partial charge >= 0.3 is 0 Å². The van der Waals surface area contributed by atoms with Crippen LogP contribution in [0.3, 0.4) is 0 Å². The summed E-state index contributed by atoms with van der Waals surface area (Å²) in [5.74, 6) is 0.243. The van der Waals surface area contributed by atoms with E-state index in [0.717, 1.165) is 12.1 Å². The lowest BCUT2D eigenvalue weighted by Gasteiger charge is -2.20. The van der Waals surface area contributed by atoms with Crippen LogP contribution >= 0.6 is 11.8 Å². The molecule has 0 unspecified atom stereocenters. The highest BCUT2D eigenvalue weighted by atomic mass is 32.2. The third-order valence-corrected chi connectivity index (χ3v) is 6.07. The molecule has 0 saturated carbocycles. The summed E-state index contributed by atoms with van der Waals surface area (Å²) in [5, 5.41) is 1.11. The molecule has 6 nitrogen and oxygen atoms in total. The molecule has 7 heteroatoms. The van der Waals surface area contributed by atoms with Gasteiger partial charge in [0.1, 0.15) is 0 Å². The lowest BCUT2D eigenvalue weighted by molar-refractivity contribution is -0.116. The molecule has 1 amide bonds. The molecule has 2 heterocycles. The van der Waals surface area contributed by atoms with Gasteiger partial charge in [-0.2, -0.15) is 0 Å². The first-order valence-electron chi connectivity index (χ1n) is 9.61. The van der Waals surface area contributed by atoms with Crippen molar-refractivity contribution in [3.05, 3.63) is 64.4 Å². The summed E-state index contributed by atoms with van der Waals surface area (Å²) in [6.45, 7) is 3.00. The van der Waals surface area contributed by atoms with Crippen LogP contribution in [0.5, 0.6) is 0 Å². The number of carbonyl (C=O) groups excluding carboxylic acids is 1. The Morgan fingerprint density at radius 3 is 2.79 bits per heavy atom. The normalized spacial score (nSPS) is 14.2. The number of fused-ring (bicyclic) bond motifs is 2. The van der Waals surface area contributed by atoms with E-state index in [2.05, 4.69) is 11.1 Å². The molecule has 29 heavy (non-hydrogen) atoms. The molecular weight excluding hydrogens is 386 g/mol. The Morgan fingerprint density at radius 2 is 1.97 bits per heavy atom. The molecule has 0 N–H and O–H groups in total. The number of nitrogens with zero attached hydrogens (tertiary/aromatic N) is 3. The van der Waals surface area contributed by atoms with Crippen LogP contribution < -0.4 is 10.5 Å². The van der Waals surface area contributed by atoms with Gasteiger partial charge in [0.25, 0.3) is 5.56 Å². The van der Waals surface area contributed by atoms with Gasteiger partial charge in [-0.15, -0.1) is 0 Å². The Balaban J connectivity index is 1.63. The molecule has 0 radical (unpaired) electrons. The Morgan fingerprint density at radius 1 is 1.21 bits per heavy atom. The van der Waals surface area contributed by atoms with Crippen LogP contribution in [-0.4, -0.2) is 41.5 Å². The number of ether oxygens (including phenoxy) is 1. The molecule has 0 bridgehead atoms. The van der Waals surface area contributed by atoms with E-state index in [1.165, 1.54) is 17.3 Å². The number of carbonyl (C=O) groups is 1. The Hall–Kier alpha value is -2.64. The molecule has 0 saturated heterocycles. The molecule has 3 aromatic rings. The second-order valence-electron chi connectivity index (χ2n) is 7.10. The van der Waals surface area contributed by atoms with Crippen molar-refractivity contribution < 1.29 is 9.53 Å². The summed E-state index contributed by atoms with van der Waals surface area (Å²) >= 11 is 1.30. The van der Waals surface area contributed by atoms with Gasteiger partial charge in [0.2, 0.25) is 5.91 Å². The summed E-state index contributed by atoms with van der Waals surface area (Å²) in [5.41, 5.74) is 2.71. The van der Waals surface area contributed by atoms with Crippen molar-refractivity contribution in [2.24, 2.45) is 0 Å². The van der Waals surface area contributed by atoms with Crippen LogP contribution in [0.4, 0.5) is 5.69 Å². The van der Waals surface area contributed by atoms with Crippen LogP contribution in [-0.2, 0) is 16.0 Å². The number of para-hydroxylation sites is 2. The zero-order valence-electron chi connectivity index (χ0n) is 16.5. The number of hydrogen-bond donors (Lipinski definition) is 0. The number of benzene rings is 2. The van der Waals surface area contributed by atoms with E-state index < -0.39 is 0 Å². The number of anilines is 1. The third-order valence-electron chi connectivity index (χ3n) is 5.14. The first-order chi connectivity index (χ1) is 14.1. The van der Waals surface area contributed by atoms with Crippen molar-refractivity contribution in [2.45, 2.75) is 24.5 Å². The van der Waals surface area contributed by atoms with Gasteiger partial charge in [0.05, 0.1) is 29.3 Å². The van der Waals surface area contributed by atoms with Crippen molar-refractivity contribution in [3.63, 3.8) is 0 Å². The maximum atomic E-state index is 13.1. The molecule has 0 spiro atoms. The molecule has 4 rings (SSSR count). The molecule has 1 atom stereocenters. The number of hydrogen-bond acceptors (Lipinski definition) is 5. The van der Waals surface area contributed by atoms with Gasteiger partial charge in [-0.3, -0.25) is 14.2 Å². The number of aromatic nitrogens is 2. The van der Waals surface area contributed by atoms with Crippen LogP contribution in [0.2, 0.25) is 0 Å². The standard InChI is InChI=1S/C22H23N3O3S/c1-15(13-28-2)25-21(27)17-8-4-5-9-18(17)23-22(25)29-14-20(26)24-12-11-16-7-3-6-10-19(16)24/h3-10,15H,11-14H2,1-2H3/t15-/m0/s1. The van der Waals surface area contributed by atoms with E-state index in [9.17, 15) is 9.59 Å². The summed E-state index contributed by atoms with van der Waals surface area (Å²) in [7, 11) is 1.61. The fourth-order valence-electron chi connectivity index (χ4n) is 3.73. The highest BCUT2D eigenvalue weighted by molar-refractivity contribution is 7.99. The van der Waals surface area contributed by atoms with E-state index in [1.807, 2.05) is 48.2 Å². The van der Waals surface area contributed by atoms with E-state index >= 15 is 0 Å². The highest BCUT2D eigenvalue weighted by Crippen LogP contribution is 2.29. The number of rotatable bonds is 6. The SMILES string of the molecule is COC[C@H](C)n1c(SCC(=O)N2CCc3ccccc32)nc2ccccc2c1=O. The molecule has 150 valence electrons. The predicted octanol–water partition coefficient (Wildman–Crippen LogP) is 3.29. The smallest absolute Gasteiger partial charge is 0.262 e. The summed E-state index contributed by atoms with van der Waals surface area (Å²) in [4.78, 5) is 32.5. The summed E-state index contributed by atoms with van der Waals surface area (Å²) in [6.07, 6.45) is 0.871. The second-order valence-corrected chi connectivity index (χ2v) is 8.05. The first-order valence-corrected chi connectivity index (χ1v) is 10.6. The zero-order chi connectivity index (χ0) is 20.4. The number of methoxy groups -OCH3 is 1. The Kier molecular flexibility index (Phi) is 5.69. The molecule has 1 aliphatic rings. The molecule has 0 fully saturated rings. The number of thioether (sulfide) groups is 1. The second kappa shape index (κ2) is 8.39. The van der Waals surface area contributed by atoms with Crippen LogP contribution in [0.15, 0.2) is 58.5 Å². The van der Waals surface area contributed by atoms with Gasteiger partial charge in [-0.25, -0.2) is 4.98 Å². The fraction of sp³-hybridized carbons (Fsp3) is 0.318. The summed E-state index contributed by atoms with van der Waals surface area (Å²) < 4.78 is 6.89. The van der Waals surface area contributed by atoms with Gasteiger partial charge in [0.15, 0.2) is 5.16 Å². The maximum absolute atomic E-state index is 13.1. The van der Waals surface area contributed by atoms with E-state index in [4.69, 9.17) is 4.74 Å².